The Morgan fingerprint density at radius 1 is 0.538 bits per heavy atom. The summed E-state index contributed by atoms with van der Waals surface area (Å²) < 4.78 is 4.85. The average Bonchev–Trinajstić information content (AvgIpc) is 2.74. The van der Waals surface area contributed by atoms with Crippen LogP contribution in [0.15, 0.2) is 36.9 Å². The number of hydrogen-bond donors (Lipinski definition) is 0. The van der Waals surface area contributed by atoms with Gasteiger partial charge in [0.1, 0.15) is 0 Å². The van der Waals surface area contributed by atoms with Gasteiger partial charge in [-0.3, -0.25) is 0 Å². The van der Waals surface area contributed by atoms with E-state index in [1.807, 2.05) is 34.1 Å². The molecule has 0 radical (unpaired) electrons. The highest BCUT2D eigenvalue weighted by Crippen LogP contribution is 2.31. The van der Waals surface area contributed by atoms with E-state index in [-0.39, 0.29) is 0 Å². The van der Waals surface area contributed by atoms with Gasteiger partial charge in [0.25, 0.3) is 0 Å². The molecule has 2 aliphatic heterocycles. The largest absolute Gasteiger partial charge is 0.338 e. The Morgan fingerprint density at radius 2 is 0.885 bits per heavy atom. The fourth-order valence-electron chi connectivity index (χ4n) is 2.93. The second kappa shape index (κ2) is 8.85. The number of nitrogens with zero attached hydrogens (tertiary/aromatic N) is 8. The summed E-state index contributed by atoms with van der Waals surface area (Å²) in [5.41, 5.74) is 0. The molecule has 4 rings (SSSR count). The highest BCUT2D eigenvalue weighted by molar-refractivity contribution is 8.74. The first-order valence-corrected chi connectivity index (χ1v) is 10.8. The van der Waals surface area contributed by atoms with Crippen LogP contribution in [0.3, 0.4) is 0 Å². The van der Waals surface area contributed by atoms with E-state index in [4.69, 9.17) is 0 Å². The van der Waals surface area contributed by atoms with Crippen molar-refractivity contribution in [3.8, 4) is 0 Å². The van der Waals surface area contributed by atoms with E-state index in [2.05, 4.69) is 38.3 Å². The molecule has 2 aromatic heterocycles. The first-order valence-electron chi connectivity index (χ1n) is 8.77. The monoisotopic (exact) mass is 390 g/mol. The molecule has 10 heteroatoms. The minimum Gasteiger partial charge on any atom is -0.338 e. The predicted octanol–water partition coefficient (Wildman–Crippen LogP) is 1.42. The third-order valence-electron chi connectivity index (χ3n) is 4.39. The van der Waals surface area contributed by atoms with E-state index < -0.39 is 0 Å². The SMILES string of the molecule is c1cnc(N2CCN(SSN3CCN(c4ncccn4)CC3)CC2)nc1. The van der Waals surface area contributed by atoms with Crippen LogP contribution in [0.5, 0.6) is 0 Å². The molecule has 0 unspecified atom stereocenters. The second-order valence-electron chi connectivity index (χ2n) is 6.08. The van der Waals surface area contributed by atoms with Crippen LogP contribution in [0, 0.1) is 0 Å². The summed E-state index contributed by atoms with van der Waals surface area (Å²) in [7, 11) is 3.71. The van der Waals surface area contributed by atoms with Crippen molar-refractivity contribution in [3.05, 3.63) is 36.9 Å². The van der Waals surface area contributed by atoms with Gasteiger partial charge in [-0.15, -0.1) is 0 Å². The maximum absolute atomic E-state index is 4.34. The van der Waals surface area contributed by atoms with Crippen LogP contribution in [-0.2, 0) is 0 Å². The van der Waals surface area contributed by atoms with Crippen LogP contribution in [0.1, 0.15) is 0 Å². The molecular weight excluding hydrogens is 368 g/mol. The Balaban J connectivity index is 1.17. The molecule has 2 aromatic rings. The van der Waals surface area contributed by atoms with Crippen molar-refractivity contribution < 1.29 is 0 Å². The summed E-state index contributed by atoms with van der Waals surface area (Å²) in [4.78, 5) is 21.9. The van der Waals surface area contributed by atoms with Gasteiger partial charge in [-0.1, -0.05) is 0 Å². The molecule has 0 aromatic carbocycles. The molecule has 138 valence electrons. The summed E-state index contributed by atoms with van der Waals surface area (Å²) in [6.07, 6.45) is 7.22. The molecule has 2 saturated heterocycles. The Bertz CT molecular complexity index is 601. The fraction of sp³-hybridized carbons (Fsp3) is 0.500. The van der Waals surface area contributed by atoms with Crippen LogP contribution in [0.2, 0.25) is 0 Å². The minimum absolute atomic E-state index is 0.837. The predicted molar refractivity (Wildman–Crippen MR) is 107 cm³/mol. The molecule has 2 aliphatic rings. The van der Waals surface area contributed by atoms with Crippen LogP contribution in [0.4, 0.5) is 11.9 Å². The van der Waals surface area contributed by atoms with Gasteiger partial charge in [-0.2, -0.15) is 0 Å². The summed E-state index contributed by atoms with van der Waals surface area (Å²) in [6.45, 7) is 7.96. The van der Waals surface area contributed by atoms with Crippen LogP contribution in [-0.4, -0.2) is 80.9 Å². The molecule has 0 saturated carbocycles. The van der Waals surface area contributed by atoms with E-state index in [1.54, 1.807) is 24.8 Å². The summed E-state index contributed by atoms with van der Waals surface area (Å²) >= 11 is 0. The third-order valence-corrected chi connectivity index (χ3v) is 7.07. The second-order valence-corrected chi connectivity index (χ2v) is 8.30. The van der Waals surface area contributed by atoms with Gasteiger partial charge in [-0.05, 0) is 12.1 Å². The van der Waals surface area contributed by atoms with E-state index in [1.165, 1.54) is 0 Å². The summed E-state index contributed by atoms with van der Waals surface area (Å²) in [6, 6.07) is 3.71. The molecule has 0 N–H and O–H groups in total. The lowest BCUT2D eigenvalue weighted by atomic mass is 10.4. The zero-order chi connectivity index (χ0) is 17.6. The Kier molecular flexibility index (Phi) is 6.05. The van der Waals surface area contributed by atoms with Gasteiger partial charge in [0.2, 0.25) is 11.9 Å². The van der Waals surface area contributed by atoms with Gasteiger partial charge >= 0.3 is 0 Å². The number of hydrogen-bond acceptors (Lipinski definition) is 10. The van der Waals surface area contributed by atoms with Crippen molar-refractivity contribution in [2.24, 2.45) is 0 Å². The maximum Gasteiger partial charge on any atom is 0.225 e. The van der Waals surface area contributed by atoms with Crippen molar-refractivity contribution in [3.63, 3.8) is 0 Å². The number of rotatable bonds is 5. The smallest absolute Gasteiger partial charge is 0.225 e. The highest BCUT2D eigenvalue weighted by Gasteiger charge is 2.23. The van der Waals surface area contributed by atoms with Crippen LogP contribution in [0.25, 0.3) is 0 Å². The van der Waals surface area contributed by atoms with Gasteiger partial charge in [0, 0.05) is 99.1 Å². The fourth-order valence-corrected chi connectivity index (χ4v) is 5.20. The van der Waals surface area contributed by atoms with E-state index >= 15 is 0 Å². The first-order chi connectivity index (χ1) is 12.9. The molecule has 0 atom stereocenters. The minimum atomic E-state index is 0.837. The Labute approximate surface area is 161 Å². The Hall–Kier alpha value is -1.62. The first kappa shape index (κ1) is 17.8. The average molecular weight is 391 g/mol. The maximum atomic E-state index is 4.34. The molecule has 0 spiro atoms. The zero-order valence-corrected chi connectivity index (χ0v) is 16.1. The van der Waals surface area contributed by atoms with Gasteiger partial charge < -0.3 is 9.80 Å². The van der Waals surface area contributed by atoms with Crippen LogP contribution < -0.4 is 9.80 Å². The number of anilines is 2. The van der Waals surface area contributed by atoms with Gasteiger partial charge in [0.05, 0.1) is 0 Å². The van der Waals surface area contributed by atoms with E-state index in [9.17, 15) is 0 Å². The molecule has 4 heterocycles. The lowest BCUT2D eigenvalue weighted by molar-refractivity contribution is 0.422. The quantitative estimate of drug-likeness (QED) is 0.553. The number of piperazine rings is 2. The van der Waals surface area contributed by atoms with Crippen LogP contribution >= 0.6 is 22.0 Å². The highest BCUT2D eigenvalue weighted by atomic mass is 33.1. The topological polar surface area (TPSA) is 64.5 Å². The molecule has 0 aliphatic carbocycles. The van der Waals surface area contributed by atoms with Gasteiger partial charge in [0.15, 0.2) is 0 Å². The van der Waals surface area contributed by atoms with Crippen molar-refractivity contribution in [1.29, 1.82) is 0 Å². The lowest BCUT2D eigenvalue weighted by Crippen LogP contribution is -2.45. The lowest BCUT2D eigenvalue weighted by Gasteiger charge is -2.36. The molecular formula is C16H22N8S2. The standard InChI is InChI=1S/C16H22N8S2/c1-3-17-15(18-4-1)21-7-11-23(12-8-21)25-26-24-13-9-22(10-14-24)16-19-5-2-6-20-16/h1-6H,7-14H2. The molecule has 2 fully saturated rings. The third kappa shape index (κ3) is 4.56. The Morgan fingerprint density at radius 3 is 1.23 bits per heavy atom. The molecule has 26 heavy (non-hydrogen) atoms. The zero-order valence-electron chi connectivity index (χ0n) is 14.5. The molecule has 0 amide bonds. The van der Waals surface area contributed by atoms with Crippen molar-refractivity contribution in [2.75, 3.05) is 62.2 Å². The molecule has 8 nitrogen and oxygen atoms in total. The van der Waals surface area contributed by atoms with Crippen molar-refractivity contribution >= 4 is 33.9 Å². The summed E-state index contributed by atoms with van der Waals surface area (Å²) in [5, 5.41) is 0. The van der Waals surface area contributed by atoms with Gasteiger partial charge in [-0.25, -0.2) is 28.5 Å². The van der Waals surface area contributed by atoms with E-state index in [0.29, 0.717) is 0 Å². The molecule has 0 bridgehead atoms. The number of aromatic nitrogens is 4. The summed E-state index contributed by atoms with van der Waals surface area (Å²) in [5.74, 6) is 1.67. The van der Waals surface area contributed by atoms with E-state index in [0.717, 1.165) is 64.3 Å². The normalized spacial score (nSPS) is 19.7. The van der Waals surface area contributed by atoms with Crippen molar-refractivity contribution in [2.45, 2.75) is 0 Å². The van der Waals surface area contributed by atoms with Crippen molar-refractivity contribution in [1.82, 2.24) is 28.5 Å².